The molecule has 114 valence electrons. The standard InChI is InChI=1S/C16H26BrNOS/c1-3-18-15(12-14-13(17)8-11-20-14)16(19-4-2)9-6-5-7-10-16/h8,11,15,18H,3-7,9-10,12H2,1-2H3. The van der Waals surface area contributed by atoms with E-state index < -0.39 is 0 Å². The molecule has 20 heavy (non-hydrogen) atoms. The van der Waals surface area contributed by atoms with E-state index in [1.807, 2.05) is 11.3 Å². The van der Waals surface area contributed by atoms with Crippen LogP contribution in [-0.2, 0) is 11.2 Å². The molecule has 0 aromatic carbocycles. The Morgan fingerprint density at radius 2 is 2.10 bits per heavy atom. The summed E-state index contributed by atoms with van der Waals surface area (Å²) in [6, 6.07) is 2.57. The van der Waals surface area contributed by atoms with Crippen LogP contribution in [0.15, 0.2) is 15.9 Å². The highest BCUT2D eigenvalue weighted by molar-refractivity contribution is 9.10. The minimum absolute atomic E-state index is 0.0342. The molecule has 4 heteroatoms. The third-order valence-electron chi connectivity index (χ3n) is 4.30. The lowest BCUT2D eigenvalue weighted by Gasteiger charge is -2.43. The fourth-order valence-electron chi connectivity index (χ4n) is 3.38. The van der Waals surface area contributed by atoms with Crippen LogP contribution in [0.4, 0.5) is 0 Å². The Morgan fingerprint density at radius 3 is 2.65 bits per heavy atom. The summed E-state index contributed by atoms with van der Waals surface area (Å²) >= 11 is 5.51. The largest absolute Gasteiger partial charge is 0.374 e. The van der Waals surface area contributed by atoms with Crippen molar-refractivity contribution in [2.75, 3.05) is 13.2 Å². The van der Waals surface area contributed by atoms with Crippen molar-refractivity contribution >= 4 is 27.3 Å². The van der Waals surface area contributed by atoms with Crippen molar-refractivity contribution in [3.05, 3.63) is 20.8 Å². The van der Waals surface area contributed by atoms with Crippen LogP contribution in [0, 0.1) is 0 Å². The van der Waals surface area contributed by atoms with E-state index in [0.717, 1.165) is 19.6 Å². The summed E-state index contributed by atoms with van der Waals surface area (Å²) in [5.41, 5.74) is 0.0342. The van der Waals surface area contributed by atoms with Gasteiger partial charge in [0.15, 0.2) is 0 Å². The SMILES string of the molecule is CCNC(Cc1sccc1Br)C1(OCC)CCCCC1. The summed E-state index contributed by atoms with van der Waals surface area (Å²) in [4.78, 5) is 1.43. The first-order valence-electron chi connectivity index (χ1n) is 7.81. The van der Waals surface area contributed by atoms with Crippen LogP contribution in [0.25, 0.3) is 0 Å². The van der Waals surface area contributed by atoms with Crippen LogP contribution in [0.3, 0.4) is 0 Å². The highest BCUT2D eigenvalue weighted by Gasteiger charge is 2.40. The third-order valence-corrected chi connectivity index (χ3v) is 6.25. The van der Waals surface area contributed by atoms with E-state index in [2.05, 4.69) is 46.5 Å². The van der Waals surface area contributed by atoms with Crippen molar-refractivity contribution < 1.29 is 4.74 Å². The van der Waals surface area contributed by atoms with Gasteiger partial charge in [-0.1, -0.05) is 26.2 Å². The van der Waals surface area contributed by atoms with Gasteiger partial charge in [-0.2, -0.15) is 0 Å². The molecule has 0 spiro atoms. The molecule has 0 radical (unpaired) electrons. The molecule has 1 atom stereocenters. The number of hydrogen-bond donors (Lipinski definition) is 1. The molecule has 1 fully saturated rings. The fourth-order valence-corrected chi connectivity index (χ4v) is 4.94. The molecular weight excluding hydrogens is 334 g/mol. The van der Waals surface area contributed by atoms with Gasteiger partial charge in [0.2, 0.25) is 0 Å². The molecule has 2 nitrogen and oxygen atoms in total. The smallest absolute Gasteiger partial charge is 0.0838 e. The number of thiophene rings is 1. The van der Waals surface area contributed by atoms with Gasteiger partial charge in [-0.25, -0.2) is 0 Å². The molecule has 1 saturated carbocycles. The van der Waals surface area contributed by atoms with Gasteiger partial charge in [0.1, 0.15) is 0 Å². The molecule has 0 amide bonds. The lowest BCUT2D eigenvalue weighted by Crippen LogP contribution is -2.54. The zero-order valence-corrected chi connectivity index (χ0v) is 15.0. The molecule has 2 rings (SSSR count). The fraction of sp³-hybridized carbons (Fsp3) is 0.750. The second-order valence-corrected chi connectivity index (χ2v) is 7.42. The van der Waals surface area contributed by atoms with Gasteiger partial charge in [-0.3, -0.25) is 0 Å². The van der Waals surface area contributed by atoms with Crippen LogP contribution in [0.5, 0.6) is 0 Å². The maximum absolute atomic E-state index is 6.30. The monoisotopic (exact) mass is 359 g/mol. The van der Waals surface area contributed by atoms with E-state index in [-0.39, 0.29) is 5.60 Å². The molecule has 1 heterocycles. The first-order valence-corrected chi connectivity index (χ1v) is 9.48. The topological polar surface area (TPSA) is 21.3 Å². The third kappa shape index (κ3) is 3.85. The van der Waals surface area contributed by atoms with E-state index in [0.29, 0.717) is 6.04 Å². The average Bonchev–Trinajstić information content (AvgIpc) is 2.85. The van der Waals surface area contributed by atoms with E-state index in [9.17, 15) is 0 Å². The quantitative estimate of drug-likeness (QED) is 0.756. The van der Waals surface area contributed by atoms with Crippen molar-refractivity contribution in [1.29, 1.82) is 0 Å². The maximum Gasteiger partial charge on any atom is 0.0838 e. The highest BCUT2D eigenvalue weighted by atomic mass is 79.9. The zero-order chi connectivity index (χ0) is 14.4. The molecule has 1 aliphatic carbocycles. The van der Waals surface area contributed by atoms with Crippen molar-refractivity contribution in [2.24, 2.45) is 0 Å². The highest BCUT2D eigenvalue weighted by Crippen LogP contribution is 2.37. The Bertz CT molecular complexity index is 395. The summed E-state index contributed by atoms with van der Waals surface area (Å²) in [5.74, 6) is 0. The summed E-state index contributed by atoms with van der Waals surface area (Å²) in [7, 11) is 0. The zero-order valence-electron chi connectivity index (χ0n) is 12.6. The van der Waals surface area contributed by atoms with Gasteiger partial charge >= 0.3 is 0 Å². The normalized spacial score (nSPS) is 19.9. The van der Waals surface area contributed by atoms with Gasteiger partial charge in [0.25, 0.3) is 0 Å². The molecule has 0 bridgehead atoms. The molecule has 0 aliphatic heterocycles. The van der Waals surface area contributed by atoms with Gasteiger partial charge in [-0.15, -0.1) is 11.3 Å². The minimum Gasteiger partial charge on any atom is -0.374 e. The Hall–Kier alpha value is 0.1000. The molecule has 0 saturated heterocycles. The van der Waals surface area contributed by atoms with Crippen molar-refractivity contribution in [3.8, 4) is 0 Å². The Kier molecular flexibility index (Phi) is 6.53. The summed E-state index contributed by atoms with van der Waals surface area (Å²) in [6.07, 6.45) is 7.41. The van der Waals surface area contributed by atoms with E-state index in [1.54, 1.807) is 0 Å². The number of nitrogens with one attached hydrogen (secondary N) is 1. The minimum atomic E-state index is 0.0342. The van der Waals surface area contributed by atoms with Crippen molar-refractivity contribution in [3.63, 3.8) is 0 Å². The maximum atomic E-state index is 6.30. The lowest BCUT2D eigenvalue weighted by atomic mass is 9.77. The predicted octanol–water partition coefficient (Wildman–Crippen LogP) is 4.77. The summed E-state index contributed by atoms with van der Waals surface area (Å²) in [6.45, 7) is 6.13. The first kappa shape index (κ1) is 16.5. The number of likely N-dealkylation sites (N-methyl/N-ethyl adjacent to an activating group) is 1. The second kappa shape index (κ2) is 7.92. The van der Waals surface area contributed by atoms with Crippen molar-refractivity contribution in [1.82, 2.24) is 5.32 Å². The summed E-state index contributed by atoms with van der Waals surface area (Å²) in [5, 5.41) is 5.87. The van der Waals surface area contributed by atoms with Crippen LogP contribution < -0.4 is 5.32 Å². The number of hydrogen-bond acceptors (Lipinski definition) is 3. The molecule has 1 aromatic rings. The summed E-state index contributed by atoms with van der Waals surface area (Å²) < 4.78 is 7.54. The molecule has 1 unspecified atom stereocenters. The van der Waals surface area contributed by atoms with Crippen LogP contribution in [0.1, 0.15) is 50.8 Å². The predicted molar refractivity (Wildman–Crippen MR) is 90.6 cm³/mol. The molecule has 1 aliphatic rings. The van der Waals surface area contributed by atoms with Gasteiger partial charge < -0.3 is 10.1 Å². The molecule has 1 aromatic heterocycles. The Balaban J connectivity index is 2.17. The first-order chi connectivity index (χ1) is 9.72. The number of ether oxygens (including phenoxy) is 1. The van der Waals surface area contributed by atoms with Crippen LogP contribution in [0.2, 0.25) is 0 Å². The lowest BCUT2D eigenvalue weighted by molar-refractivity contribution is -0.0893. The van der Waals surface area contributed by atoms with E-state index in [1.165, 1.54) is 41.5 Å². The van der Waals surface area contributed by atoms with Crippen LogP contribution >= 0.6 is 27.3 Å². The van der Waals surface area contributed by atoms with Crippen LogP contribution in [-0.4, -0.2) is 24.8 Å². The van der Waals surface area contributed by atoms with Gasteiger partial charge in [0, 0.05) is 28.4 Å². The molecular formula is C16H26BrNOS. The number of halogens is 1. The molecule has 1 N–H and O–H groups in total. The van der Waals surface area contributed by atoms with E-state index >= 15 is 0 Å². The van der Waals surface area contributed by atoms with Gasteiger partial charge in [-0.05, 0) is 53.7 Å². The Morgan fingerprint density at radius 1 is 1.35 bits per heavy atom. The van der Waals surface area contributed by atoms with Crippen molar-refractivity contribution in [2.45, 2.75) is 64.0 Å². The van der Waals surface area contributed by atoms with Gasteiger partial charge in [0.05, 0.1) is 5.60 Å². The Labute approximate surface area is 135 Å². The number of rotatable bonds is 7. The van der Waals surface area contributed by atoms with E-state index in [4.69, 9.17) is 4.74 Å². The average molecular weight is 360 g/mol. The second-order valence-electron chi connectivity index (χ2n) is 5.56.